The van der Waals surface area contributed by atoms with E-state index in [4.69, 9.17) is 16.3 Å². The predicted octanol–water partition coefficient (Wildman–Crippen LogP) is 2.79. The molecule has 4 aliphatic carbocycles. The molecule has 0 aliphatic heterocycles. The molecule has 4 saturated carbocycles. The van der Waals surface area contributed by atoms with Gasteiger partial charge in [0.05, 0.1) is 0 Å². The van der Waals surface area contributed by atoms with Crippen LogP contribution in [0.3, 0.4) is 0 Å². The molecule has 0 aromatic carbocycles. The highest BCUT2D eigenvalue weighted by Crippen LogP contribution is 2.60. The third kappa shape index (κ3) is 3.86. The number of ketones is 1. The highest BCUT2D eigenvalue weighted by Gasteiger charge is 2.54. The van der Waals surface area contributed by atoms with E-state index in [1.165, 1.54) is 31.5 Å². The average Bonchev–Trinajstić information content (AvgIpc) is 2.63. The second-order valence-corrected chi connectivity index (χ2v) is 8.76. The third-order valence-electron chi connectivity index (χ3n) is 6.34. The number of hydrogen-bond acceptors (Lipinski definition) is 5. The molecule has 0 saturated heterocycles. The first-order valence-electron chi connectivity index (χ1n) is 9.52. The monoisotopic (exact) mass is 390 g/mol. The average molecular weight is 391 g/mol. The molecular formula is C20H23ClN2O4. The van der Waals surface area contributed by atoms with Gasteiger partial charge in [-0.2, -0.15) is 0 Å². The Labute approximate surface area is 163 Å². The molecular weight excluding hydrogens is 368 g/mol. The number of esters is 1. The van der Waals surface area contributed by atoms with Crippen molar-refractivity contribution in [2.24, 2.45) is 23.2 Å². The zero-order chi connectivity index (χ0) is 19.0. The molecule has 1 aromatic heterocycles. The van der Waals surface area contributed by atoms with Crippen LogP contribution in [0.15, 0.2) is 18.3 Å². The Bertz CT molecular complexity index is 744. The molecule has 27 heavy (non-hydrogen) atoms. The van der Waals surface area contributed by atoms with E-state index < -0.39 is 11.9 Å². The van der Waals surface area contributed by atoms with Gasteiger partial charge in [-0.05, 0) is 68.4 Å². The number of amides is 1. The summed E-state index contributed by atoms with van der Waals surface area (Å²) in [7, 11) is 0. The second kappa shape index (κ2) is 7.23. The number of hydrogen-bond donors (Lipinski definition) is 1. The number of carbonyl (C=O) groups excluding carboxylic acids is 3. The van der Waals surface area contributed by atoms with E-state index in [1.807, 2.05) is 0 Å². The van der Waals surface area contributed by atoms with Crippen LogP contribution in [0.25, 0.3) is 0 Å². The van der Waals surface area contributed by atoms with Crippen LogP contribution in [0, 0.1) is 23.2 Å². The lowest BCUT2D eigenvalue weighted by atomic mass is 9.48. The van der Waals surface area contributed by atoms with E-state index in [0.717, 1.165) is 19.3 Å². The van der Waals surface area contributed by atoms with Crippen molar-refractivity contribution in [3.8, 4) is 0 Å². The topological polar surface area (TPSA) is 85.4 Å². The summed E-state index contributed by atoms with van der Waals surface area (Å²) in [5.74, 6) is 0.921. The minimum atomic E-state index is -0.622. The van der Waals surface area contributed by atoms with Crippen LogP contribution in [-0.2, 0) is 14.3 Å². The highest BCUT2D eigenvalue weighted by molar-refractivity contribution is 6.30. The van der Waals surface area contributed by atoms with Crippen LogP contribution in [0.1, 0.15) is 49.0 Å². The van der Waals surface area contributed by atoms with Gasteiger partial charge in [0.2, 0.25) is 0 Å². The largest absolute Gasteiger partial charge is 0.456 e. The number of carbonyl (C=O) groups is 3. The van der Waals surface area contributed by atoms with Crippen molar-refractivity contribution >= 4 is 29.3 Å². The van der Waals surface area contributed by atoms with Gasteiger partial charge in [0, 0.05) is 16.6 Å². The van der Waals surface area contributed by atoms with Crippen molar-refractivity contribution in [1.82, 2.24) is 10.3 Å². The first kappa shape index (κ1) is 18.4. The molecule has 0 radical (unpaired) electrons. The lowest BCUT2D eigenvalue weighted by Gasteiger charge is -2.55. The van der Waals surface area contributed by atoms with Gasteiger partial charge < -0.3 is 10.1 Å². The molecule has 7 heteroatoms. The number of halogens is 1. The van der Waals surface area contributed by atoms with E-state index in [1.54, 1.807) is 6.07 Å². The Hall–Kier alpha value is -1.95. The Balaban J connectivity index is 1.26. The zero-order valence-corrected chi connectivity index (χ0v) is 15.8. The van der Waals surface area contributed by atoms with Crippen LogP contribution in [0.5, 0.6) is 0 Å². The summed E-state index contributed by atoms with van der Waals surface area (Å²) in [5, 5.41) is 2.83. The van der Waals surface area contributed by atoms with Crippen molar-refractivity contribution < 1.29 is 19.1 Å². The number of pyridine rings is 1. The standard InChI is InChI=1S/C20H23ClN2O4/c21-15-1-2-22-16(6-15)19(26)23-10-18(25)27-11-17(24)20-7-12-3-13(8-20)5-14(4-12)9-20/h1-2,6,12-14H,3-5,7-11H2,(H,23,26). The molecule has 1 heterocycles. The van der Waals surface area contributed by atoms with Crippen LogP contribution in [0.2, 0.25) is 5.02 Å². The maximum Gasteiger partial charge on any atom is 0.325 e. The number of nitrogens with zero attached hydrogens (tertiary/aromatic N) is 1. The fourth-order valence-corrected chi connectivity index (χ4v) is 5.73. The molecule has 1 aromatic rings. The maximum atomic E-state index is 12.8. The Kier molecular flexibility index (Phi) is 4.93. The van der Waals surface area contributed by atoms with Crippen molar-refractivity contribution in [2.45, 2.75) is 38.5 Å². The maximum absolute atomic E-state index is 12.8. The second-order valence-electron chi connectivity index (χ2n) is 8.32. The Morgan fingerprint density at radius 1 is 1.15 bits per heavy atom. The number of nitrogens with one attached hydrogen (secondary N) is 1. The highest BCUT2D eigenvalue weighted by atomic mass is 35.5. The summed E-state index contributed by atoms with van der Waals surface area (Å²) in [6, 6.07) is 2.97. The van der Waals surface area contributed by atoms with E-state index >= 15 is 0 Å². The summed E-state index contributed by atoms with van der Waals surface area (Å²) in [6.45, 7) is -0.503. The van der Waals surface area contributed by atoms with Crippen LogP contribution < -0.4 is 5.32 Å². The fraction of sp³-hybridized carbons (Fsp3) is 0.600. The molecule has 4 bridgehead atoms. The lowest BCUT2D eigenvalue weighted by molar-refractivity contribution is -0.157. The smallest absolute Gasteiger partial charge is 0.325 e. The zero-order valence-electron chi connectivity index (χ0n) is 15.1. The van der Waals surface area contributed by atoms with Gasteiger partial charge in [-0.1, -0.05) is 11.6 Å². The van der Waals surface area contributed by atoms with Crippen molar-refractivity contribution in [2.75, 3.05) is 13.2 Å². The Morgan fingerprint density at radius 2 is 1.78 bits per heavy atom. The molecule has 144 valence electrons. The molecule has 0 atom stereocenters. The van der Waals surface area contributed by atoms with Crippen LogP contribution >= 0.6 is 11.6 Å². The van der Waals surface area contributed by atoms with Crippen molar-refractivity contribution in [3.05, 3.63) is 29.0 Å². The lowest BCUT2D eigenvalue weighted by Crippen LogP contribution is -2.51. The first-order valence-corrected chi connectivity index (χ1v) is 9.90. The van der Waals surface area contributed by atoms with E-state index in [-0.39, 0.29) is 30.0 Å². The summed E-state index contributed by atoms with van der Waals surface area (Å²) >= 11 is 5.82. The van der Waals surface area contributed by atoms with Gasteiger partial charge in [-0.25, -0.2) is 0 Å². The van der Waals surface area contributed by atoms with Gasteiger partial charge in [-0.15, -0.1) is 0 Å². The van der Waals surface area contributed by atoms with Gasteiger partial charge in [0.25, 0.3) is 5.91 Å². The van der Waals surface area contributed by atoms with Crippen LogP contribution in [0.4, 0.5) is 0 Å². The Morgan fingerprint density at radius 3 is 2.37 bits per heavy atom. The van der Waals surface area contributed by atoms with Crippen LogP contribution in [-0.4, -0.2) is 35.8 Å². The normalized spacial score (nSPS) is 30.8. The molecule has 6 nitrogen and oxygen atoms in total. The number of ether oxygens (including phenoxy) is 1. The van der Waals surface area contributed by atoms with E-state index in [2.05, 4.69) is 10.3 Å². The SMILES string of the molecule is O=C(CNC(=O)c1cc(Cl)ccn1)OCC(=O)C12CC3CC(CC(C3)C1)C2. The van der Waals surface area contributed by atoms with Crippen molar-refractivity contribution in [1.29, 1.82) is 0 Å². The number of Topliss-reactive ketones (excluding diaryl/α,β-unsaturated/α-hetero) is 1. The van der Waals surface area contributed by atoms with Gasteiger partial charge in [0.15, 0.2) is 12.4 Å². The quantitative estimate of drug-likeness (QED) is 0.755. The molecule has 1 amide bonds. The molecule has 0 spiro atoms. The molecule has 4 aliphatic rings. The first-order chi connectivity index (χ1) is 12.9. The van der Waals surface area contributed by atoms with E-state index in [9.17, 15) is 14.4 Å². The summed E-state index contributed by atoms with van der Waals surface area (Å²) in [6.07, 6.45) is 8.05. The fourth-order valence-electron chi connectivity index (χ4n) is 5.57. The van der Waals surface area contributed by atoms with E-state index in [0.29, 0.717) is 22.8 Å². The van der Waals surface area contributed by atoms with Gasteiger partial charge in [0.1, 0.15) is 12.2 Å². The van der Waals surface area contributed by atoms with Gasteiger partial charge >= 0.3 is 5.97 Å². The predicted molar refractivity (Wildman–Crippen MR) is 98.2 cm³/mol. The summed E-state index contributed by atoms with van der Waals surface area (Å²) < 4.78 is 5.15. The molecule has 5 rings (SSSR count). The summed E-state index contributed by atoms with van der Waals surface area (Å²) in [4.78, 5) is 40.6. The summed E-state index contributed by atoms with van der Waals surface area (Å²) in [5.41, 5.74) is -0.150. The number of aromatic nitrogens is 1. The minimum Gasteiger partial charge on any atom is -0.456 e. The number of rotatable bonds is 6. The van der Waals surface area contributed by atoms with Crippen molar-refractivity contribution in [3.63, 3.8) is 0 Å². The molecule has 1 N–H and O–H groups in total. The molecule has 0 unspecified atom stereocenters. The van der Waals surface area contributed by atoms with Gasteiger partial charge in [-0.3, -0.25) is 19.4 Å². The molecule has 4 fully saturated rings. The third-order valence-corrected chi connectivity index (χ3v) is 6.58. The minimum absolute atomic E-state index is 0.0535.